The maximum Gasteiger partial charge on any atom is 0.490 e. The molecule has 3 N–H and O–H groups in total. The smallest absolute Gasteiger partial charge is 0.490 e. The highest BCUT2D eigenvalue weighted by atomic mass is 32.1. The summed E-state index contributed by atoms with van der Waals surface area (Å²) in [5.74, 6) is -0.819. The first-order chi connectivity index (χ1) is 22.0. The van der Waals surface area contributed by atoms with E-state index in [4.69, 9.17) is 29.3 Å². The van der Waals surface area contributed by atoms with Gasteiger partial charge < -0.3 is 35.0 Å². The number of alkyl halides is 3. The molecule has 2 aromatic carbocycles. The number of anilines is 4. The number of methoxy groups -OCH3 is 2. The van der Waals surface area contributed by atoms with E-state index in [-0.39, 0.29) is 0 Å². The van der Waals surface area contributed by atoms with Gasteiger partial charge in [-0.3, -0.25) is 0 Å². The number of carboxylic acid groups (broad SMARTS) is 1. The first kappa shape index (κ1) is 34.2. The van der Waals surface area contributed by atoms with Crippen LogP contribution in [0, 0.1) is 0 Å². The van der Waals surface area contributed by atoms with E-state index in [2.05, 4.69) is 63.5 Å². The molecule has 4 aromatic rings. The van der Waals surface area contributed by atoms with Gasteiger partial charge in [-0.05, 0) is 55.9 Å². The number of halogens is 3. The van der Waals surface area contributed by atoms with Crippen LogP contribution in [0.15, 0.2) is 54.7 Å². The minimum absolute atomic E-state index is 0.532. The van der Waals surface area contributed by atoms with Crippen LogP contribution in [0.5, 0.6) is 11.5 Å². The molecule has 0 radical (unpaired) electrons. The van der Waals surface area contributed by atoms with E-state index in [1.807, 2.05) is 24.3 Å². The number of rotatable bonds is 10. The van der Waals surface area contributed by atoms with Crippen LogP contribution in [-0.4, -0.2) is 90.6 Å². The minimum Gasteiger partial charge on any atom is -0.497 e. The highest BCUT2D eigenvalue weighted by Crippen LogP contribution is 2.40. The van der Waals surface area contributed by atoms with Gasteiger partial charge in [0.05, 0.1) is 30.5 Å². The first-order valence-electron chi connectivity index (χ1n) is 14.5. The van der Waals surface area contributed by atoms with E-state index in [0.717, 1.165) is 71.9 Å². The molecule has 46 heavy (non-hydrogen) atoms. The summed E-state index contributed by atoms with van der Waals surface area (Å²) in [4.78, 5) is 29.0. The van der Waals surface area contributed by atoms with Crippen molar-refractivity contribution in [2.45, 2.75) is 20.0 Å². The molecule has 5 rings (SSSR count). The summed E-state index contributed by atoms with van der Waals surface area (Å²) in [7, 11) is 3.29. The molecule has 15 heteroatoms. The molecule has 0 amide bonds. The fourth-order valence-corrected chi connectivity index (χ4v) is 5.64. The Morgan fingerprint density at radius 3 is 2.15 bits per heavy atom. The fraction of sp³-hybridized carbons (Fsp3) is 0.355. The summed E-state index contributed by atoms with van der Waals surface area (Å²) in [6.45, 7) is 10.5. The number of hydrogen-bond donors (Lipinski definition) is 3. The van der Waals surface area contributed by atoms with Crippen LogP contribution in [0.1, 0.15) is 13.8 Å². The molecule has 1 aliphatic heterocycles. The molecule has 2 aromatic heterocycles. The second-order valence-corrected chi connectivity index (χ2v) is 11.0. The number of carboxylic acids is 1. The van der Waals surface area contributed by atoms with E-state index in [9.17, 15) is 13.2 Å². The molecule has 0 aliphatic carbocycles. The van der Waals surface area contributed by atoms with Crippen molar-refractivity contribution in [2.24, 2.45) is 0 Å². The maximum atomic E-state index is 10.6. The predicted octanol–water partition coefficient (Wildman–Crippen LogP) is 6.23. The lowest BCUT2D eigenvalue weighted by atomic mass is 10.1. The Morgan fingerprint density at radius 2 is 1.61 bits per heavy atom. The van der Waals surface area contributed by atoms with Gasteiger partial charge in [0.1, 0.15) is 11.5 Å². The number of hydrogen-bond acceptors (Lipinski definition) is 11. The highest BCUT2D eigenvalue weighted by molar-refractivity contribution is 7.19. The van der Waals surface area contributed by atoms with E-state index in [1.165, 1.54) is 5.69 Å². The van der Waals surface area contributed by atoms with Gasteiger partial charge in [0.15, 0.2) is 5.13 Å². The predicted molar refractivity (Wildman–Crippen MR) is 174 cm³/mol. The van der Waals surface area contributed by atoms with Crippen LogP contribution in [0.25, 0.3) is 21.8 Å². The average Bonchev–Trinajstić information content (AvgIpc) is 3.49. The van der Waals surface area contributed by atoms with E-state index in [0.29, 0.717) is 17.4 Å². The van der Waals surface area contributed by atoms with Crippen molar-refractivity contribution < 1.29 is 32.5 Å². The third-order valence-electron chi connectivity index (χ3n) is 7.02. The normalized spacial score (nSPS) is 13.4. The van der Waals surface area contributed by atoms with Crippen LogP contribution < -0.4 is 25.0 Å². The largest absolute Gasteiger partial charge is 0.497 e. The third-order valence-corrected chi connectivity index (χ3v) is 8.05. The molecule has 0 spiro atoms. The summed E-state index contributed by atoms with van der Waals surface area (Å²) < 4.78 is 42.7. The molecular formula is C31H36F3N7O4S. The molecule has 246 valence electrons. The third kappa shape index (κ3) is 8.97. The number of ether oxygens (including phenoxy) is 2. The summed E-state index contributed by atoms with van der Waals surface area (Å²) >= 11 is 1.56. The number of piperazine rings is 1. The van der Waals surface area contributed by atoms with Crippen LogP contribution in [0.2, 0.25) is 0 Å². The SMILES string of the molecule is CCNc1nc(-c2cc(OC)cc(OC)c2)c(-c2ccnc(Nc3ccc(N4CCN(CC)CC4)cc3)n2)s1.O=C(O)C(F)(F)F. The van der Waals surface area contributed by atoms with Crippen LogP contribution in [0.4, 0.5) is 35.6 Å². The maximum absolute atomic E-state index is 10.6. The average molecular weight is 660 g/mol. The summed E-state index contributed by atoms with van der Waals surface area (Å²) in [5.41, 5.74) is 4.68. The highest BCUT2D eigenvalue weighted by Gasteiger charge is 2.38. The topological polar surface area (TPSA) is 125 Å². The van der Waals surface area contributed by atoms with Crippen molar-refractivity contribution in [1.82, 2.24) is 19.9 Å². The van der Waals surface area contributed by atoms with Crippen LogP contribution in [0.3, 0.4) is 0 Å². The second kappa shape index (κ2) is 15.6. The fourth-order valence-electron chi connectivity index (χ4n) is 4.61. The van der Waals surface area contributed by atoms with Crippen molar-refractivity contribution in [3.8, 4) is 33.3 Å². The number of nitrogens with one attached hydrogen (secondary N) is 2. The minimum atomic E-state index is -5.08. The zero-order valence-electron chi connectivity index (χ0n) is 25.9. The van der Waals surface area contributed by atoms with Crippen molar-refractivity contribution in [1.29, 1.82) is 0 Å². The molecular weight excluding hydrogens is 623 g/mol. The molecule has 1 fully saturated rings. The summed E-state index contributed by atoms with van der Waals surface area (Å²) in [6, 6.07) is 16.2. The van der Waals surface area contributed by atoms with Gasteiger partial charge in [0.25, 0.3) is 0 Å². The van der Waals surface area contributed by atoms with Crippen molar-refractivity contribution in [2.75, 3.05) is 69.0 Å². The Morgan fingerprint density at radius 1 is 0.978 bits per heavy atom. The van der Waals surface area contributed by atoms with Gasteiger partial charge in [-0.15, -0.1) is 0 Å². The number of aliphatic carboxylic acids is 1. The zero-order valence-corrected chi connectivity index (χ0v) is 26.7. The number of aromatic nitrogens is 3. The first-order valence-corrected chi connectivity index (χ1v) is 15.3. The van der Waals surface area contributed by atoms with E-state index >= 15 is 0 Å². The standard InChI is InChI=1S/C29H35N7O2S.C2HF3O2/c1-5-30-29-34-26(20-17-23(37-3)19-24(18-20)38-4)27(39-29)25-11-12-31-28(33-25)32-21-7-9-22(10-8-21)36-15-13-35(6-2)14-16-36;3-2(4,5)1(6)7/h7-12,17-19H,5-6,13-16H2,1-4H3,(H,30,34)(H,31,32,33);(H,6,7). The summed E-state index contributed by atoms with van der Waals surface area (Å²) in [5, 5.41) is 14.7. The molecule has 1 saturated heterocycles. The molecule has 3 heterocycles. The number of benzene rings is 2. The lowest BCUT2D eigenvalue weighted by Gasteiger charge is -2.35. The lowest BCUT2D eigenvalue weighted by molar-refractivity contribution is -0.192. The lowest BCUT2D eigenvalue weighted by Crippen LogP contribution is -2.46. The van der Waals surface area contributed by atoms with Gasteiger partial charge in [-0.1, -0.05) is 18.3 Å². The molecule has 11 nitrogen and oxygen atoms in total. The zero-order chi connectivity index (χ0) is 33.3. The van der Waals surface area contributed by atoms with E-state index in [1.54, 1.807) is 31.8 Å². The summed E-state index contributed by atoms with van der Waals surface area (Å²) in [6.07, 6.45) is -3.31. The quantitative estimate of drug-likeness (QED) is 0.179. The van der Waals surface area contributed by atoms with Crippen molar-refractivity contribution in [3.05, 3.63) is 54.7 Å². The van der Waals surface area contributed by atoms with Crippen molar-refractivity contribution in [3.63, 3.8) is 0 Å². The number of carbonyl (C=O) groups is 1. The van der Waals surface area contributed by atoms with Gasteiger partial charge in [-0.25, -0.2) is 19.7 Å². The Labute approximate surface area is 269 Å². The van der Waals surface area contributed by atoms with Crippen LogP contribution >= 0.6 is 11.3 Å². The number of thiazole rings is 1. The van der Waals surface area contributed by atoms with Gasteiger partial charge >= 0.3 is 12.1 Å². The van der Waals surface area contributed by atoms with Gasteiger partial charge in [-0.2, -0.15) is 13.2 Å². The Kier molecular flexibility index (Phi) is 11.6. The van der Waals surface area contributed by atoms with E-state index < -0.39 is 12.1 Å². The number of nitrogens with zero attached hydrogens (tertiary/aromatic N) is 5. The molecule has 0 bridgehead atoms. The Bertz CT molecular complexity index is 1570. The van der Waals surface area contributed by atoms with Gasteiger partial charge in [0.2, 0.25) is 5.95 Å². The molecule has 1 aliphatic rings. The van der Waals surface area contributed by atoms with Gasteiger partial charge in [0, 0.05) is 61.9 Å². The molecule has 0 unspecified atom stereocenters. The molecule has 0 saturated carbocycles. The monoisotopic (exact) mass is 659 g/mol. The van der Waals surface area contributed by atoms with Crippen molar-refractivity contribution >= 4 is 39.8 Å². The Hall–Kier alpha value is -4.63. The second-order valence-electron chi connectivity index (χ2n) is 9.99. The Balaban J connectivity index is 0.000000617. The van der Waals surface area contributed by atoms with Crippen LogP contribution in [-0.2, 0) is 4.79 Å². The molecule has 0 atom stereocenters. The number of likely N-dealkylation sites (N-methyl/N-ethyl adjacent to an activating group) is 1.